The molecule has 1 heterocycles. The topological polar surface area (TPSA) is 44.9 Å². The molecule has 4 heteroatoms. The van der Waals surface area contributed by atoms with Crippen LogP contribution < -0.4 is 0 Å². The molecular weight excluding hydrogens is 248 g/mol. The van der Waals surface area contributed by atoms with Gasteiger partial charge in [0.25, 0.3) is 0 Å². The maximum absolute atomic E-state index is 9.45. The average Bonchev–Trinajstić information content (AvgIpc) is 2.67. The van der Waals surface area contributed by atoms with Gasteiger partial charge >= 0.3 is 0 Å². The highest BCUT2D eigenvalue weighted by Gasteiger charge is 2.25. The molecule has 0 aliphatic rings. The number of allylic oxidation sites excluding steroid dienone is 3. The first kappa shape index (κ1) is 16.2. The van der Waals surface area contributed by atoms with Crippen molar-refractivity contribution >= 4 is 5.57 Å². The van der Waals surface area contributed by atoms with Crippen molar-refractivity contribution in [2.75, 3.05) is 14.1 Å². The molecule has 4 nitrogen and oxygen atoms in total. The normalized spacial score (nSPS) is 12.1. The second kappa shape index (κ2) is 6.53. The Morgan fingerprint density at radius 1 is 1.50 bits per heavy atom. The molecule has 20 heavy (non-hydrogen) atoms. The van der Waals surface area contributed by atoms with Crippen LogP contribution in [0.3, 0.4) is 0 Å². The lowest BCUT2D eigenvalue weighted by Gasteiger charge is -2.22. The zero-order valence-electron chi connectivity index (χ0n) is 13.4. The molecule has 0 saturated heterocycles. The van der Waals surface area contributed by atoms with Crippen molar-refractivity contribution in [1.29, 1.82) is 5.26 Å². The van der Waals surface area contributed by atoms with Crippen LogP contribution in [0.15, 0.2) is 18.2 Å². The van der Waals surface area contributed by atoms with Gasteiger partial charge in [0.05, 0.1) is 11.7 Å². The zero-order chi connectivity index (χ0) is 15.4. The minimum absolute atomic E-state index is 0.188. The Morgan fingerprint density at radius 2 is 2.10 bits per heavy atom. The van der Waals surface area contributed by atoms with E-state index in [1.165, 1.54) is 0 Å². The Bertz CT molecular complexity index is 566. The van der Waals surface area contributed by atoms with Gasteiger partial charge in [-0.25, -0.2) is 0 Å². The summed E-state index contributed by atoms with van der Waals surface area (Å²) in [4.78, 5) is 2.14. The Hall–Kier alpha value is -1.86. The fourth-order valence-corrected chi connectivity index (χ4v) is 2.53. The highest BCUT2D eigenvalue weighted by Crippen LogP contribution is 2.33. The van der Waals surface area contributed by atoms with Gasteiger partial charge in [-0.1, -0.05) is 25.2 Å². The predicted octanol–water partition coefficient (Wildman–Crippen LogP) is 3.28. The van der Waals surface area contributed by atoms with Crippen LogP contribution in [-0.4, -0.2) is 28.8 Å². The molecule has 0 N–H and O–H groups in total. The van der Waals surface area contributed by atoms with Crippen LogP contribution in [0.4, 0.5) is 0 Å². The Kier molecular flexibility index (Phi) is 5.29. The van der Waals surface area contributed by atoms with Crippen LogP contribution in [0.1, 0.15) is 50.2 Å². The van der Waals surface area contributed by atoms with Crippen molar-refractivity contribution in [2.24, 2.45) is 7.05 Å². The van der Waals surface area contributed by atoms with Gasteiger partial charge in [-0.3, -0.25) is 4.68 Å². The van der Waals surface area contributed by atoms with Crippen molar-refractivity contribution in [2.45, 2.75) is 33.2 Å². The maximum Gasteiger partial charge on any atom is 0.146 e. The number of nitrogens with zero attached hydrogens (tertiary/aromatic N) is 4. The second-order valence-corrected chi connectivity index (χ2v) is 5.35. The molecule has 0 radical (unpaired) electrons. The predicted molar refractivity (Wildman–Crippen MR) is 83.1 cm³/mol. The van der Waals surface area contributed by atoms with Gasteiger partial charge in [-0.2, -0.15) is 10.4 Å². The monoisotopic (exact) mass is 272 g/mol. The third kappa shape index (κ3) is 2.83. The molecule has 0 bridgehead atoms. The Morgan fingerprint density at radius 3 is 2.45 bits per heavy atom. The molecule has 1 rings (SSSR count). The van der Waals surface area contributed by atoms with E-state index in [1.54, 1.807) is 4.68 Å². The molecule has 0 aliphatic heterocycles. The molecular formula is C16H24N4. The molecule has 0 aromatic carbocycles. The summed E-state index contributed by atoms with van der Waals surface area (Å²) in [6.45, 7) is 10.1. The van der Waals surface area contributed by atoms with E-state index in [4.69, 9.17) is 0 Å². The van der Waals surface area contributed by atoms with Gasteiger partial charge in [0.15, 0.2) is 0 Å². The minimum atomic E-state index is 0.188. The van der Waals surface area contributed by atoms with Crippen LogP contribution in [0.25, 0.3) is 5.57 Å². The van der Waals surface area contributed by atoms with Crippen molar-refractivity contribution in [3.05, 3.63) is 35.2 Å². The second-order valence-electron chi connectivity index (χ2n) is 5.35. The largest absolute Gasteiger partial charge is 0.301 e. The summed E-state index contributed by atoms with van der Waals surface area (Å²) in [5, 5.41) is 14.0. The summed E-state index contributed by atoms with van der Waals surface area (Å²) < 4.78 is 1.67. The first-order valence-electron chi connectivity index (χ1n) is 6.82. The van der Waals surface area contributed by atoms with Crippen LogP contribution in [-0.2, 0) is 7.05 Å². The summed E-state index contributed by atoms with van der Waals surface area (Å²) in [5.41, 5.74) is 4.61. The average molecular weight is 272 g/mol. The van der Waals surface area contributed by atoms with E-state index in [0.29, 0.717) is 5.69 Å². The van der Waals surface area contributed by atoms with Crippen LogP contribution in [0.5, 0.6) is 0 Å². The summed E-state index contributed by atoms with van der Waals surface area (Å²) in [7, 11) is 5.89. The molecule has 0 fully saturated rings. The Balaban J connectivity index is 3.68. The standard InChI is InChI=1S/C16H24N4/c1-8-12(11(3)4)15-14(10-17)20(7)18-16(15)13(9-2)19(5)6/h8,13H,1,9H2,2-7H3. The number of hydrogen-bond donors (Lipinski definition) is 0. The molecule has 0 aliphatic carbocycles. The van der Waals surface area contributed by atoms with E-state index in [9.17, 15) is 5.26 Å². The lowest BCUT2D eigenvalue weighted by atomic mass is 9.95. The number of rotatable bonds is 5. The number of aryl methyl sites for hydroxylation is 1. The van der Waals surface area contributed by atoms with E-state index in [2.05, 4.69) is 29.6 Å². The number of hydrogen-bond acceptors (Lipinski definition) is 3. The summed E-state index contributed by atoms with van der Waals surface area (Å²) in [5.74, 6) is 0. The van der Waals surface area contributed by atoms with Crippen molar-refractivity contribution < 1.29 is 0 Å². The summed E-state index contributed by atoms with van der Waals surface area (Å²) in [6, 6.07) is 2.46. The first-order valence-corrected chi connectivity index (χ1v) is 6.82. The molecule has 0 amide bonds. The minimum Gasteiger partial charge on any atom is -0.301 e. The molecule has 108 valence electrons. The van der Waals surface area contributed by atoms with E-state index in [-0.39, 0.29) is 6.04 Å². The van der Waals surface area contributed by atoms with Gasteiger partial charge in [-0.15, -0.1) is 0 Å². The Labute approximate surface area is 122 Å². The van der Waals surface area contributed by atoms with Gasteiger partial charge in [0.1, 0.15) is 11.8 Å². The van der Waals surface area contributed by atoms with Crippen LogP contribution >= 0.6 is 0 Å². The highest BCUT2D eigenvalue weighted by atomic mass is 15.3. The van der Waals surface area contributed by atoms with E-state index < -0.39 is 0 Å². The van der Waals surface area contributed by atoms with E-state index in [1.807, 2.05) is 41.1 Å². The maximum atomic E-state index is 9.45. The zero-order valence-corrected chi connectivity index (χ0v) is 13.4. The molecule has 1 aromatic heterocycles. The summed E-state index contributed by atoms with van der Waals surface area (Å²) in [6.07, 6.45) is 2.76. The van der Waals surface area contributed by atoms with Crippen molar-refractivity contribution in [3.8, 4) is 6.07 Å². The van der Waals surface area contributed by atoms with Crippen LogP contribution in [0.2, 0.25) is 0 Å². The van der Waals surface area contributed by atoms with Crippen molar-refractivity contribution in [1.82, 2.24) is 14.7 Å². The third-order valence-electron chi connectivity index (χ3n) is 3.52. The molecule has 0 saturated carbocycles. The van der Waals surface area contributed by atoms with Gasteiger partial charge in [0, 0.05) is 12.6 Å². The fraction of sp³-hybridized carbons (Fsp3) is 0.500. The highest BCUT2D eigenvalue weighted by molar-refractivity contribution is 5.80. The third-order valence-corrected chi connectivity index (χ3v) is 3.52. The van der Waals surface area contributed by atoms with Gasteiger partial charge < -0.3 is 4.90 Å². The fourth-order valence-electron chi connectivity index (χ4n) is 2.53. The lowest BCUT2D eigenvalue weighted by Crippen LogP contribution is -2.20. The smallest absolute Gasteiger partial charge is 0.146 e. The molecule has 0 spiro atoms. The summed E-state index contributed by atoms with van der Waals surface area (Å²) >= 11 is 0. The van der Waals surface area contributed by atoms with Gasteiger partial charge in [-0.05, 0) is 39.9 Å². The molecule has 1 aromatic rings. The quantitative estimate of drug-likeness (QED) is 0.773. The lowest BCUT2D eigenvalue weighted by molar-refractivity contribution is 0.284. The first-order chi connectivity index (χ1) is 9.38. The number of nitriles is 1. The van der Waals surface area contributed by atoms with E-state index in [0.717, 1.165) is 28.8 Å². The molecule has 1 atom stereocenters. The van der Waals surface area contributed by atoms with Crippen LogP contribution in [0, 0.1) is 11.3 Å². The SMILES string of the molecule is C=CC(=C(C)C)c1c(C(CC)N(C)C)nn(C)c1C#N. The van der Waals surface area contributed by atoms with E-state index >= 15 is 0 Å². The molecule has 1 unspecified atom stereocenters. The number of aromatic nitrogens is 2. The van der Waals surface area contributed by atoms with Crippen molar-refractivity contribution in [3.63, 3.8) is 0 Å². The van der Waals surface area contributed by atoms with Gasteiger partial charge in [0.2, 0.25) is 0 Å².